The molecule has 0 aliphatic carbocycles. The van der Waals surface area contributed by atoms with Gasteiger partial charge in [-0.05, 0) is 19.3 Å². The van der Waals surface area contributed by atoms with Gasteiger partial charge in [0.25, 0.3) is 0 Å². The fraction of sp³-hybridized carbons (Fsp3) is 0.800. The van der Waals surface area contributed by atoms with Crippen LogP contribution < -0.4 is 0 Å². The van der Waals surface area contributed by atoms with Crippen molar-refractivity contribution in [2.45, 2.75) is 52.9 Å². The lowest BCUT2D eigenvalue weighted by Crippen LogP contribution is -1.85. The van der Waals surface area contributed by atoms with Gasteiger partial charge >= 0.3 is 0 Å². The van der Waals surface area contributed by atoms with E-state index in [0.29, 0.717) is 0 Å². The molecule has 0 aromatic rings. The quantitative estimate of drug-likeness (QED) is 0.547. The van der Waals surface area contributed by atoms with E-state index in [4.69, 9.17) is 0 Å². The molecule has 0 heterocycles. The SMILES string of the molecule is CCC/C(P)=C(/CC)CCC. The first kappa shape index (κ1) is 11.2. The van der Waals surface area contributed by atoms with Crippen molar-refractivity contribution in [3.63, 3.8) is 0 Å². The van der Waals surface area contributed by atoms with Crippen LogP contribution in [0.5, 0.6) is 0 Å². The molecule has 0 saturated heterocycles. The molecule has 0 nitrogen and oxygen atoms in total. The van der Waals surface area contributed by atoms with Crippen LogP contribution in [-0.2, 0) is 0 Å². The molecular weight excluding hydrogens is 151 g/mol. The Morgan fingerprint density at radius 2 is 1.55 bits per heavy atom. The Labute approximate surface area is 73.7 Å². The Bertz CT molecular complexity index is 125. The molecule has 0 aromatic carbocycles. The molecule has 1 atom stereocenters. The van der Waals surface area contributed by atoms with Gasteiger partial charge in [-0.15, -0.1) is 9.24 Å². The monoisotopic (exact) mass is 172 g/mol. The van der Waals surface area contributed by atoms with Crippen molar-refractivity contribution in [1.82, 2.24) is 0 Å². The maximum absolute atomic E-state index is 2.89. The first-order valence-electron chi connectivity index (χ1n) is 4.72. The van der Waals surface area contributed by atoms with Crippen LogP contribution in [0.1, 0.15) is 52.9 Å². The lowest BCUT2D eigenvalue weighted by atomic mass is 10.1. The smallest absolute Gasteiger partial charge is 0.0283 e. The standard InChI is InChI=1S/C10H21P/c1-4-7-9(6-3)10(11)8-5-2/h4-8,11H2,1-3H3/b10-9+. The second kappa shape index (κ2) is 6.85. The Kier molecular flexibility index (Phi) is 6.96. The molecule has 0 rings (SSSR count). The van der Waals surface area contributed by atoms with Gasteiger partial charge in [-0.2, -0.15) is 0 Å². The molecule has 1 heteroatoms. The summed E-state index contributed by atoms with van der Waals surface area (Å²) in [6, 6.07) is 0. The van der Waals surface area contributed by atoms with E-state index in [0.717, 1.165) is 0 Å². The molecule has 1 unspecified atom stereocenters. The van der Waals surface area contributed by atoms with Crippen LogP contribution in [0.2, 0.25) is 0 Å². The second-order valence-corrected chi connectivity index (χ2v) is 3.68. The van der Waals surface area contributed by atoms with Crippen LogP contribution >= 0.6 is 9.24 Å². The van der Waals surface area contributed by atoms with Gasteiger partial charge in [0, 0.05) is 0 Å². The molecule has 0 aromatic heterocycles. The van der Waals surface area contributed by atoms with Crippen LogP contribution in [0.15, 0.2) is 10.9 Å². The third-order valence-electron chi connectivity index (χ3n) is 1.95. The lowest BCUT2D eigenvalue weighted by Gasteiger charge is -2.07. The summed E-state index contributed by atoms with van der Waals surface area (Å²) in [5, 5.41) is 1.55. The molecule has 0 N–H and O–H groups in total. The summed E-state index contributed by atoms with van der Waals surface area (Å²) in [5.74, 6) is 0. The van der Waals surface area contributed by atoms with Crippen LogP contribution in [0.3, 0.4) is 0 Å². The molecule has 0 aliphatic heterocycles. The van der Waals surface area contributed by atoms with Crippen molar-refractivity contribution in [1.29, 1.82) is 0 Å². The zero-order valence-electron chi connectivity index (χ0n) is 8.11. The predicted octanol–water partition coefficient (Wildman–Crippen LogP) is 4.13. The van der Waals surface area contributed by atoms with E-state index in [-0.39, 0.29) is 0 Å². The number of allylic oxidation sites excluding steroid dienone is 2. The molecule has 0 radical (unpaired) electrons. The minimum atomic E-state index is 1.23. The van der Waals surface area contributed by atoms with E-state index in [1.165, 1.54) is 32.1 Å². The fourth-order valence-corrected chi connectivity index (χ4v) is 1.95. The Hall–Kier alpha value is 0.170. The largest absolute Gasteiger partial charge is 0.110 e. The van der Waals surface area contributed by atoms with Gasteiger partial charge in [0.2, 0.25) is 0 Å². The molecule has 0 amide bonds. The topological polar surface area (TPSA) is 0 Å². The van der Waals surface area contributed by atoms with E-state index in [2.05, 4.69) is 30.0 Å². The third kappa shape index (κ3) is 4.58. The molecule has 0 bridgehead atoms. The highest BCUT2D eigenvalue weighted by Crippen LogP contribution is 2.23. The highest BCUT2D eigenvalue weighted by Gasteiger charge is 1.97. The van der Waals surface area contributed by atoms with Crippen LogP contribution in [0, 0.1) is 0 Å². The summed E-state index contributed by atoms with van der Waals surface area (Å²) in [5.41, 5.74) is 1.65. The number of hydrogen-bond donors (Lipinski definition) is 0. The first-order chi connectivity index (χ1) is 5.26. The molecule has 0 spiro atoms. The number of hydrogen-bond acceptors (Lipinski definition) is 0. The highest BCUT2D eigenvalue weighted by molar-refractivity contribution is 7.22. The summed E-state index contributed by atoms with van der Waals surface area (Å²) in [7, 11) is 2.89. The first-order valence-corrected chi connectivity index (χ1v) is 5.30. The summed E-state index contributed by atoms with van der Waals surface area (Å²) in [4.78, 5) is 0. The molecule has 0 fully saturated rings. The minimum Gasteiger partial charge on any atom is -0.110 e. The van der Waals surface area contributed by atoms with Crippen molar-refractivity contribution in [2.75, 3.05) is 0 Å². The zero-order valence-corrected chi connectivity index (χ0v) is 9.27. The van der Waals surface area contributed by atoms with Gasteiger partial charge in [0.1, 0.15) is 0 Å². The van der Waals surface area contributed by atoms with Gasteiger partial charge < -0.3 is 0 Å². The normalized spacial score (nSPS) is 13.1. The summed E-state index contributed by atoms with van der Waals surface area (Å²) < 4.78 is 0. The molecule has 0 aliphatic rings. The predicted molar refractivity (Wildman–Crippen MR) is 56.8 cm³/mol. The maximum Gasteiger partial charge on any atom is -0.0283 e. The highest BCUT2D eigenvalue weighted by atomic mass is 31.0. The third-order valence-corrected chi connectivity index (χ3v) is 2.65. The van der Waals surface area contributed by atoms with Crippen molar-refractivity contribution < 1.29 is 0 Å². The Morgan fingerprint density at radius 1 is 1.00 bits per heavy atom. The van der Waals surface area contributed by atoms with E-state index >= 15 is 0 Å². The molecule has 66 valence electrons. The van der Waals surface area contributed by atoms with Crippen molar-refractivity contribution in [3.8, 4) is 0 Å². The second-order valence-electron chi connectivity index (χ2n) is 2.98. The lowest BCUT2D eigenvalue weighted by molar-refractivity contribution is 0.828. The Balaban J connectivity index is 4.02. The fourth-order valence-electron chi connectivity index (χ4n) is 1.31. The van der Waals surface area contributed by atoms with Crippen LogP contribution in [0.25, 0.3) is 0 Å². The molecule has 11 heavy (non-hydrogen) atoms. The average Bonchev–Trinajstić information content (AvgIpc) is 2.00. The van der Waals surface area contributed by atoms with Gasteiger partial charge in [0.15, 0.2) is 0 Å². The minimum absolute atomic E-state index is 1.23. The zero-order chi connectivity index (χ0) is 8.69. The Morgan fingerprint density at radius 3 is 1.91 bits per heavy atom. The summed E-state index contributed by atoms with van der Waals surface area (Å²) in [6.45, 7) is 6.74. The van der Waals surface area contributed by atoms with Gasteiger partial charge in [-0.25, -0.2) is 0 Å². The van der Waals surface area contributed by atoms with Gasteiger partial charge in [0.05, 0.1) is 0 Å². The van der Waals surface area contributed by atoms with Crippen LogP contribution in [-0.4, -0.2) is 0 Å². The van der Waals surface area contributed by atoms with Gasteiger partial charge in [-0.3, -0.25) is 0 Å². The van der Waals surface area contributed by atoms with E-state index < -0.39 is 0 Å². The van der Waals surface area contributed by atoms with Gasteiger partial charge in [-0.1, -0.05) is 44.5 Å². The van der Waals surface area contributed by atoms with Crippen molar-refractivity contribution in [2.24, 2.45) is 0 Å². The number of rotatable bonds is 5. The van der Waals surface area contributed by atoms with Crippen molar-refractivity contribution >= 4 is 9.24 Å². The molecule has 0 saturated carbocycles. The van der Waals surface area contributed by atoms with Crippen molar-refractivity contribution in [3.05, 3.63) is 10.9 Å². The molecular formula is C10H21P. The van der Waals surface area contributed by atoms with E-state index in [1.54, 1.807) is 10.9 Å². The summed E-state index contributed by atoms with van der Waals surface area (Å²) >= 11 is 0. The van der Waals surface area contributed by atoms with E-state index in [1.807, 2.05) is 0 Å². The maximum atomic E-state index is 2.89. The van der Waals surface area contributed by atoms with Crippen LogP contribution in [0.4, 0.5) is 0 Å². The summed E-state index contributed by atoms with van der Waals surface area (Å²) in [6.07, 6.45) is 6.33. The van der Waals surface area contributed by atoms with E-state index in [9.17, 15) is 0 Å². The average molecular weight is 172 g/mol.